The highest BCUT2D eigenvalue weighted by atomic mass is 32.1. The molecule has 94 valence electrons. The van der Waals surface area contributed by atoms with Gasteiger partial charge in [0, 0.05) is 31.3 Å². The average molecular weight is 253 g/mol. The summed E-state index contributed by atoms with van der Waals surface area (Å²) < 4.78 is 7.46. The molecule has 0 aromatic carbocycles. The number of aromatic nitrogens is 2. The van der Waals surface area contributed by atoms with E-state index in [1.807, 2.05) is 6.92 Å². The standard InChI is InChI=1S/C12H19N3OS/c1-3-16-7-4-5-13-9-11-10(2)14-12-15(11)6-8-17-12/h6,8,13H,3-5,7,9H2,1-2H3. The van der Waals surface area contributed by atoms with E-state index < -0.39 is 0 Å². The van der Waals surface area contributed by atoms with Crippen molar-refractivity contribution in [3.63, 3.8) is 0 Å². The minimum atomic E-state index is 0.803. The van der Waals surface area contributed by atoms with Crippen molar-refractivity contribution in [1.82, 2.24) is 14.7 Å². The van der Waals surface area contributed by atoms with Crippen LogP contribution in [0.5, 0.6) is 0 Å². The molecule has 5 heteroatoms. The number of ether oxygens (including phenoxy) is 1. The van der Waals surface area contributed by atoms with E-state index in [4.69, 9.17) is 4.74 Å². The highest BCUT2D eigenvalue weighted by Gasteiger charge is 2.08. The quantitative estimate of drug-likeness (QED) is 0.769. The van der Waals surface area contributed by atoms with Crippen molar-refractivity contribution in [2.75, 3.05) is 19.8 Å². The van der Waals surface area contributed by atoms with Crippen LogP contribution in [0.2, 0.25) is 0 Å². The summed E-state index contributed by atoms with van der Waals surface area (Å²) in [6, 6.07) is 0. The molecule has 2 aromatic rings. The van der Waals surface area contributed by atoms with Crippen LogP contribution in [0.1, 0.15) is 24.7 Å². The zero-order valence-corrected chi connectivity index (χ0v) is 11.2. The molecular formula is C12H19N3OS. The van der Waals surface area contributed by atoms with Crippen molar-refractivity contribution in [3.05, 3.63) is 23.0 Å². The van der Waals surface area contributed by atoms with E-state index in [9.17, 15) is 0 Å². The number of nitrogens with zero attached hydrogens (tertiary/aromatic N) is 2. The van der Waals surface area contributed by atoms with Crippen LogP contribution in [-0.4, -0.2) is 29.1 Å². The average Bonchev–Trinajstić information content (AvgIpc) is 2.85. The van der Waals surface area contributed by atoms with Crippen molar-refractivity contribution in [2.45, 2.75) is 26.8 Å². The van der Waals surface area contributed by atoms with Crippen LogP contribution in [0, 0.1) is 6.92 Å². The van der Waals surface area contributed by atoms with Gasteiger partial charge >= 0.3 is 0 Å². The summed E-state index contributed by atoms with van der Waals surface area (Å²) in [4.78, 5) is 5.60. The minimum Gasteiger partial charge on any atom is -0.382 e. The number of rotatable bonds is 7. The predicted molar refractivity (Wildman–Crippen MR) is 70.6 cm³/mol. The third-order valence-electron chi connectivity index (χ3n) is 2.70. The summed E-state index contributed by atoms with van der Waals surface area (Å²) in [6.07, 6.45) is 3.13. The van der Waals surface area contributed by atoms with Gasteiger partial charge in [-0.3, -0.25) is 4.40 Å². The van der Waals surface area contributed by atoms with Gasteiger partial charge in [0.1, 0.15) is 0 Å². The van der Waals surface area contributed by atoms with E-state index in [2.05, 4.69) is 33.2 Å². The Hall–Kier alpha value is -0.910. The first-order valence-electron chi connectivity index (χ1n) is 6.02. The molecule has 0 radical (unpaired) electrons. The first-order chi connectivity index (χ1) is 8.33. The van der Waals surface area contributed by atoms with Crippen molar-refractivity contribution in [1.29, 1.82) is 0 Å². The molecular weight excluding hydrogens is 234 g/mol. The van der Waals surface area contributed by atoms with Crippen LogP contribution in [0.4, 0.5) is 0 Å². The van der Waals surface area contributed by atoms with Crippen molar-refractivity contribution in [3.8, 4) is 0 Å². The van der Waals surface area contributed by atoms with Gasteiger partial charge in [-0.1, -0.05) is 0 Å². The first kappa shape index (κ1) is 12.5. The van der Waals surface area contributed by atoms with Gasteiger partial charge in [-0.05, 0) is 26.8 Å². The minimum absolute atomic E-state index is 0.803. The highest BCUT2D eigenvalue weighted by Crippen LogP contribution is 2.16. The molecule has 0 saturated carbocycles. The monoisotopic (exact) mass is 253 g/mol. The summed E-state index contributed by atoms with van der Waals surface area (Å²) >= 11 is 1.68. The van der Waals surface area contributed by atoms with Crippen LogP contribution in [0.25, 0.3) is 4.96 Å². The van der Waals surface area contributed by atoms with E-state index in [-0.39, 0.29) is 0 Å². The van der Waals surface area contributed by atoms with Gasteiger partial charge in [-0.2, -0.15) is 0 Å². The number of fused-ring (bicyclic) bond motifs is 1. The fraction of sp³-hybridized carbons (Fsp3) is 0.583. The maximum Gasteiger partial charge on any atom is 0.194 e. The number of aryl methyl sites for hydroxylation is 1. The molecule has 0 unspecified atom stereocenters. The van der Waals surface area contributed by atoms with Gasteiger partial charge in [0.2, 0.25) is 0 Å². The number of nitrogens with one attached hydrogen (secondary N) is 1. The number of hydrogen-bond donors (Lipinski definition) is 1. The lowest BCUT2D eigenvalue weighted by Gasteiger charge is -2.05. The van der Waals surface area contributed by atoms with E-state index in [0.29, 0.717) is 0 Å². The normalized spacial score (nSPS) is 11.4. The second-order valence-corrected chi connectivity index (χ2v) is 4.80. The molecule has 2 aromatic heterocycles. The third kappa shape index (κ3) is 3.06. The molecule has 4 nitrogen and oxygen atoms in total. The Labute approximate surface area is 106 Å². The molecule has 1 N–H and O–H groups in total. The van der Waals surface area contributed by atoms with Crippen LogP contribution < -0.4 is 5.32 Å². The van der Waals surface area contributed by atoms with Crippen LogP contribution in [-0.2, 0) is 11.3 Å². The van der Waals surface area contributed by atoms with Gasteiger partial charge < -0.3 is 10.1 Å². The van der Waals surface area contributed by atoms with Crippen molar-refractivity contribution >= 4 is 16.3 Å². The smallest absolute Gasteiger partial charge is 0.194 e. The van der Waals surface area contributed by atoms with Gasteiger partial charge in [-0.25, -0.2) is 4.98 Å². The van der Waals surface area contributed by atoms with E-state index in [0.717, 1.165) is 43.4 Å². The SMILES string of the molecule is CCOCCCNCc1c(C)nc2sccn12. The fourth-order valence-electron chi connectivity index (χ4n) is 1.80. The molecule has 2 heterocycles. The van der Waals surface area contributed by atoms with Gasteiger partial charge in [0.05, 0.1) is 11.4 Å². The number of imidazole rings is 1. The molecule has 0 aliphatic carbocycles. The Morgan fingerprint density at radius 1 is 1.53 bits per heavy atom. The zero-order chi connectivity index (χ0) is 12.1. The molecule has 0 aliphatic rings. The molecule has 17 heavy (non-hydrogen) atoms. The maximum absolute atomic E-state index is 5.30. The first-order valence-corrected chi connectivity index (χ1v) is 6.90. The molecule has 0 amide bonds. The number of thiazole rings is 1. The van der Waals surface area contributed by atoms with Gasteiger partial charge in [-0.15, -0.1) is 11.3 Å². The van der Waals surface area contributed by atoms with Gasteiger partial charge in [0.15, 0.2) is 4.96 Å². The highest BCUT2D eigenvalue weighted by molar-refractivity contribution is 7.15. The summed E-state index contributed by atoms with van der Waals surface area (Å²) in [5.41, 5.74) is 2.38. The lowest BCUT2D eigenvalue weighted by molar-refractivity contribution is 0.144. The summed E-state index contributed by atoms with van der Waals surface area (Å²) in [5.74, 6) is 0. The maximum atomic E-state index is 5.30. The van der Waals surface area contributed by atoms with E-state index in [1.54, 1.807) is 11.3 Å². The zero-order valence-electron chi connectivity index (χ0n) is 10.4. The Balaban J connectivity index is 1.82. The molecule has 0 fully saturated rings. The third-order valence-corrected chi connectivity index (χ3v) is 3.46. The predicted octanol–water partition coefficient (Wildman–Crippen LogP) is 2.22. The van der Waals surface area contributed by atoms with Crippen LogP contribution in [0.3, 0.4) is 0 Å². The summed E-state index contributed by atoms with van der Waals surface area (Å²) in [5, 5.41) is 5.50. The fourth-order valence-corrected chi connectivity index (χ4v) is 2.58. The summed E-state index contributed by atoms with van der Waals surface area (Å²) in [6.45, 7) is 7.58. The topological polar surface area (TPSA) is 38.6 Å². The second-order valence-electron chi connectivity index (χ2n) is 3.93. The largest absolute Gasteiger partial charge is 0.382 e. The molecule has 0 saturated heterocycles. The van der Waals surface area contributed by atoms with Crippen LogP contribution in [0.15, 0.2) is 11.6 Å². The van der Waals surface area contributed by atoms with Crippen LogP contribution >= 0.6 is 11.3 Å². The number of hydrogen-bond acceptors (Lipinski definition) is 4. The molecule has 0 bridgehead atoms. The van der Waals surface area contributed by atoms with Crippen molar-refractivity contribution in [2.24, 2.45) is 0 Å². The van der Waals surface area contributed by atoms with Crippen molar-refractivity contribution < 1.29 is 4.74 Å². The van der Waals surface area contributed by atoms with E-state index >= 15 is 0 Å². The molecule has 0 atom stereocenters. The second kappa shape index (κ2) is 6.14. The molecule has 0 aliphatic heterocycles. The van der Waals surface area contributed by atoms with Gasteiger partial charge in [0.25, 0.3) is 0 Å². The Kier molecular flexibility index (Phi) is 4.53. The van der Waals surface area contributed by atoms with E-state index in [1.165, 1.54) is 5.69 Å². The lowest BCUT2D eigenvalue weighted by atomic mass is 10.3. The Bertz CT molecular complexity index is 463. The Morgan fingerprint density at radius 2 is 2.41 bits per heavy atom. The summed E-state index contributed by atoms with van der Waals surface area (Å²) in [7, 11) is 0. The Morgan fingerprint density at radius 3 is 3.24 bits per heavy atom. The lowest BCUT2D eigenvalue weighted by Crippen LogP contribution is -2.17. The molecule has 0 spiro atoms. The molecule has 2 rings (SSSR count).